The molecule has 5 atom stereocenters. The van der Waals surface area contributed by atoms with Gasteiger partial charge in [-0.3, -0.25) is 37.3 Å². The summed E-state index contributed by atoms with van der Waals surface area (Å²) in [4.78, 5) is 72.7. The predicted octanol–water partition coefficient (Wildman–Crippen LogP) is 21.6. The van der Waals surface area contributed by atoms with E-state index >= 15 is 0 Å². The van der Waals surface area contributed by atoms with Crippen molar-refractivity contribution in [3.05, 3.63) is 0 Å². The van der Waals surface area contributed by atoms with Gasteiger partial charge in [-0.15, -0.1) is 0 Å². The minimum Gasteiger partial charge on any atom is -0.462 e. The van der Waals surface area contributed by atoms with Crippen LogP contribution in [0, 0.1) is 11.8 Å². The molecule has 0 saturated carbocycles. The third kappa shape index (κ3) is 68.4. The van der Waals surface area contributed by atoms with E-state index in [0.29, 0.717) is 25.7 Å². The lowest BCUT2D eigenvalue weighted by atomic mass is 10.0. The maximum atomic E-state index is 13.1. The van der Waals surface area contributed by atoms with Crippen LogP contribution in [0.3, 0.4) is 0 Å². The number of esters is 4. The molecule has 0 aromatic rings. The molecule has 2 unspecified atom stereocenters. The monoisotopic (exact) mass is 1370 g/mol. The number of phosphoric ester groups is 2. The van der Waals surface area contributed by atoms with Gasteiger partial charge in [-0.05, 0) is 37.5 Å². The lowest BCUT2D eigenvalue weighted by Crippen LogP contribution is -2.30. The van der Waals surface area contributed by atoms with E-state index in [9.17, 15) is 43.2 Å². The smallest absolute Gasteiger partial charge is 0.462 e. The zero-order valence-electron chi connectivity index (χ0n) is 60.6. The first-order valence-corrected chi connectivity index (χ1v) is 41.5. The van der Waals surface area contributed by atoms with E-state index in [0.717, 1.165) is 102 Å². The van der Waals surface area contributed by atoms with Gasteiger partial charge in [0.05, 0.1) is 26.4 Å². The molecule has 0 radical (unpaired) electrons. The second-order valence-electron chi connectivity index (χ2n) is 27.6. The Morgan fingerprint density at radius 2 is 0.495 bits per heavy atom. The van der Waals surface area contributed by atoms with Crippen LogP contribution in [0.2, 0.25) is 0 Å². The largest absolute Gasteiger partial charge is 0.472 e. The molecule has 0 saturated heterocycles. The molecule has 0 amide bonds. The Labute approximate surface area is 568 Å². The minimum atomic E-state index is -4.95. The van der Waals surface area contributed by atoms with Crippen molar-refractivity contribution >= 4 is 39.5 Å². The van der Waals surface area contributed by atoms with Crippen molar-refractivity contribution in [1.29, 1.82) is 0 Å². The summed E-state index contributed by atoms with van der Waals surface area (Å²) in [6.45, 7) is 9.55. The van der Waals surface area contributed by atoms with Crippen LogP contribution in [0.4, 0.5) is 0 Å². The van der Waals surface area contributed by atoms with E-state index in [4.69, 9.17) is 37.0 Å². The van der Waals surface area contributed by atoms with Crippen molar-refractivity contribution in [2.45, 2.75) is 400 Å². The molecule has 19 heteroatoms. The van der Waals surface area contributed by atoms with Crippen LogP contribution in [0.15, 0.2) is 0 Å². The van der Waals surface area contributed by atoms with E-state index < -0.39 is 97.5 Å². The van der Waals surface area contributed by atoms with Gasteiger partial charge in [-0.1, -0.05) is 330 Å². The number of carbonyl (C=O) groups excluding carboxylic acids is 4. The molecule has 0 aliphatic rings. The number of aliphatic hydroxyl groups is 1. The number of unbranched alkanes of at least 4 members (excludes halogenated alkanes) is 43. The van der Waals surface area contributed by atoms with Crippen LogP contribution in [-0.2, 0) is 65.4 Å². The molecule has 0 fully saturated rings. The number of aliphatic hydroxyl groups excluding tert-OH is 1. The summed E-state index contributed by atoms with van der Waals surface area (Å²) in [5.41, 5.74) is 0. The third-order valence-electron chi connectivity index (χ3n) is 17.2. The first-order valence-electron chi connectivity index (χ1n) is 38.5. The average Bonchev–Trinajstić information content (AvgIpc) is 2.35. The van der Waals surface area contributed by atoms with Gasteiger partial charge in [0.15, 0.2) is 12.2 Å². The lowest BCUT2D eigenvalue weighted by Gasteiger charge is -2.21. The molecule has 0 aromatic carbocycles. The first kappa shape index (κ1) is 91.1. The zero-order chi connectivity index (χ0) is 68.6. The summed E-state index contributed by atoms with van der Waals surface area (Å²) in [5, 5.41) is 10.6. The van der Waals surface area contributed by atoms with E-state index in [1.165, 1.54) is 199 Å². The van der Waals surface area contributed by atoms with Crippen LogP contribution in [0.25, 0.3) is 0 Å². The average molecular weight is 1370 g/mol. The van der Waals surface area contributed by atoms with Gasteiger partial charge in [0.2, 0.25) is 0 Å². The molecule has 3 N–H and O–H groups in total. The molecular formula is C74H144O17P2. The predicted molar refractivity (Wildman–Crippen MR) is 377 cm³/mol. The molecule has 0 aliphatic carbocycles. The minimum absolute atomic E-state index is 0.107. The number of phosphoric acid groups is 2. The fourth-order valence-corrected chi connectivity index (χ4v) is 12.9. The molecule has 93 heavy (non-hydrogen) atoms. The lowest BCUT2D eigenvalue weighted by molar-refractivity contribution is -0.161. The van der Waals surface area contributed by atoms with Crippen molar-refractivity contribution in [2.75, 3.05) is 39.6 Å². The van der Waals surface area contributed by atoms with Gasteiger partial charge in [0.25, 0.3) is 0 Å². The van der Waals surface area contributed by atoms with Crippen LogP contribution in [0.1, 0.15) is 382 Å². The molecule has 0 spiro atoms. The van der Waals surface area contributed by atoms with Crippen LogP contribution >= 0.6 is 15.6 Å². The second kappa shape index (κ2) is 66.0. The Bertz CT molecular complexity index is 1800. The molecular weight excluding hydrogens is 1220 g/mol. The highest BCUT2D eigenvalue weighted by molar-refractivity contribution is 7.47. The van der Waals surface area contributed by atoms with Gasteiger partial charge in [-0.25, -0.2) is 9.13 Å². The first-order chi connectivity index (χ1) is 44.9. The topological polar surface area (TPSA) is 237 Å². The van der Waals surface area contributed by atoms with E-state index in [-0.39, 0.29) is 25.7 Å². The van der Waals surface area contributed by atoms with E-state index in [1.807, 2.05) is 0 Å². The standard InChI is InChI=1S/C74H144O17P2/c1-7-9-11-13-15-17-19-21-22-23-25-27-33-41-47-53-59-74(79)90-69(62-84-71(76)56-50-44-38-31-29-28-30-36-42-48-54-66(3)4)64-88-92(80,81)86-60-68(75)61-87-93(82,83)89-65-70(63-85-72(77)57-51-45-39-35-34-37-43-49-55-67(5)6)91-73(78)58-52-46-40-32-26-24-20-18-16-14-12-10-8-2/h66-70,75H,7-65H2,1-6H3,(H,80,81)(H,82,83)/t68-,69-,70-/m1/s1. The summed E-state index contributed by atoms with van der Waals surface area (Å²) < 4.78 is 68.5. The van der Waals surface area contributed by atoms with Gasteiger partial charge < -0.3 is 33.8 Å². The molecule has 0 rings (SSSR count). The zero-order valence-corrected chi connectivity index (χ0v) is 62.3. The van der Waals surface area contributed by atoms with Gasteiger partial charge in [0.1, 0.15) is 19.3 Å². The SMILES string of the molecule is CCCCCCCCCCCCCCCCCCC(=O)O[C@H](COC(=O)CCCCCCCCCCCCC(C)C)COP(=O)(O)OC[C@@H](O)COP(=O)(O)OC[C@@H](COC(=O)CCCCCCCCCCC(C)C)OC(=O)CCCCCCCCCCCCCCC. The summed E-state index contributed by atoms with van der Waals surface area (Å²) in [7, 11) is -9.91. The van der Waals surface area contributed by atoms with Gasteiger partial charge in [-0.2, -0.15) is 0 Å². The number of carbonyl (C=O) groups is 4. The second-order valence-corrected chi connectivity index (χ2v) is 30.5. The van der Waals surface area contributed by atoms with Gasteiger partial charge in [0, 0.05) is 25.7 Å². The Morgan fingerprint density at radius 1 is 0.290 bits per heavy atom. The molecule has 0 heterocycles. The highest BCUT2D eigenvalue weighted by Crippen LogP contribution is 2.45. The Morgan fingerprint density at radius 3 is 0.731 bits per heavy atom. The maximum Gasteiger partial charge on any atom is 0.472 e. The highest BCUT2D eigenvalue weighted by atomic mass is 31.2. The summed E-state index contributed by atoms with van der Waals surface area (Å²) in [6, 6.07) is 0. The molecule has 0 aromatic heterocycles. The fourth-order valence-electron chi connectivity index (χ4n) is 11.3. The molecule has 0 aliphatic heterocycles. The van der Waals surface area contributed by atoms with Crippen LogP contribution < -0.4 is 0 Å². The van der Waals surface area contributed by atoms with Crippen molar-refractivity contribution in [1.82, 2.24) is 0 Å². The Balaban J connectivity index is 5.26. The number of hydrogen-bond acceptors (Lipinski definition) is 15. The van der Waals surface area contributed by atoms with E-state index in [2.05, 4.69) is 41.5 Å². The van der Waals surface area contributed by atoms with E-state index in [1.54, 1.807) is 0 Å². The Hall–Kier alpha value is -1.94. The van der Waals surface area contributed by atoms with Crippen LogP contribution in [0.5, 0.6) is 0 Å². The van der Waals surface area contributed by atoms with Crippen molar-refractivity contribution in [3.63, 3.8) is 0 Å². The maximum absolute atomic E-state index is 13.1. The van der Waals surface area contributed by atoms with Gasteiger partial charge >= 0.3 is 39.5 Å². The summed E-state index contributed by atoms with van der Waals surface area (Å²) >= 11 is 0. The molecule has 17 nitrogen and oxygen atoms in total. The Kier molecular flexibility index (Phi) is 64.6. The summed E-state index contributed by atoms with van der Waals surface area (Å²) in [6.07, 6.45) is 52.6. The fraction of sp³-hybridized carbons (Fsp3) is 0.946. The molecule has 0 bridgehead atoms. The quantitative estimate of drug-likeness (QED) is 0.0222. The summed E-state index contributed by atoms with van der Waals surface area (Å²) in [5.74, 6) is -0.631. The number of hydrogen-bond donors (Lipinski definition) is 3. The molecule has 552 valence electrons. The number of rotatable bonds is 73. The number of ether oxygens (including phenoxy) is 4. The van der Waals surface area contributed by atoms with Crippen molar-refractivity contribution < 1.29 is 80.2 Å². The highest BCUT2D eigenvalue weighted by Gasteiger charge is 2.30. The van der Waals surface area contributed by atoms with Crippen molar-refractivity contribution in [3.8, 4) is 0 Å². The third-order valence-corrected chi connectivity index (χ3v) is 19.1. The van der Waals surface area contributed by atoms with Crippen molar-refractivity contribution in [2.24, 2.45) is 11.8 Å². The normalized spacial score (nSPS) is 14.1. The van der Waals surface area contributed by atoms with Crippen LogP contribution in [-0.4, -0.2) is 96.7 Å².